The molecule has 1 aliphatic rings. The van der Waals surface area contributed by atoms with E-state index >= 15 is 0 Å². The molecule has 1 atom stereocenters. The lowest BCUT2D eigenvalue weighted by molar-refractivity contribution is 0.428. The highest BCUT2D eigenvalue weighted by atomic mass is 15.1. The van der Waals surface area contributed by atoms with Gasteiger partial charge in [-0.15, -0.1) is 0 Å². The van der Waals surface area contributed by atoms with Gasteiger partial charge in [0.25, 0.3) is 0 Å². The van der Waals surface area contributed by atoms with Crippen LogP contribution >= 0.6 is 0 Å². The summed E-state index contributed by atoms with van der Waals surface area (Å²) in [7, 11) is 0. The van der Waals surface area contributed by atoms with Crippen LogP contribution in [0.1, 0.15) is 57.3 Å². The Labute approximate surface area is 98.1 Å². The number of aryl methyl sites for hydroxylation is 1. The van der Waals surface area contributed by atoms with Crippen LogP contribution in [0.2, 0.25) is 0 Å². The van der Waals surface area contributed by atoms with Crippen LogP contribution in [0.15, 0.2) is 12.4 Å². The number of rotatable bonds is 5. The molecule has 1 aromatic rings. The predicted octanol–water partition coefficient (Wildman–Crippen LogP) is 2.87. The lowest BCUT2D eigenvalue weighted by Gasteiger charge is -2.17. The number of imidazole rings is 1. The normalized spacial score (nSPS) is 19.1. The van der Waals surface area contributed by atoms with Crippen molar-refractivity contribution in [2.24, 2.45) is 11.7 Å². The Morgan fingerprint density at radius 1 is 1.50 bits per heavy atom. The molecule has 2 rings (SSSR count). The van der Waals surface area contributed by atoms with Gasteiger partial charge in [0.2, 0.25) is 0 Å². The molecule has 90 valence electrons. The molecular formula is C13H23N3. The van der Waals surface area contributed by atoms with Gasteiger partial charge in [-0.25, -0.2) is 4.98 Å². The van der Waals surface area contributed by atoms with Gasteiger partial charge in [-0.1, -0.05) is 32.6 Å². The largest absolute Gasteiger partial charge is 0.334 e. The van der Waals surface area contributed by atoms with Crippen LogP contribution in [0.5, 0.6) is 0 Å². The Balaban J connectivity index is 1.96. The number of aromatic nitrogens is 2. The van der Waals surface area contributed by atoms with Gasteiger partial charge in [0.1, 0.15) is 5.82 Å². The lowest BCUT2D eigenvalue weighted by Crippen LogP contribution is -2.19. The second kappa shape index (κ2) is 5.48. The van der Waals surface area contributed by atoms with Crippen molar-refractivity contribution >= 4 is 0 Å². The molecule has 1 unspecified atom stereocenters. The van der Waals surface area contributed by atoms with Crippen molar-refractivity contribution in [3.8, 4) is 0 Å². The van der Waals surface area contributed by atoms with Crippen molar-refractivity contribution in [2.75, 3.05) is 0 Å². The molecular weight excluding hydrogens is 198 g/mol. The maximum atomic E-state index is 6.27. The molecule has 3 heteroatoms. The number of hydrogen-bond donors (Lipinski definition) is 1. The Bertz CT molecular complexity index is 313. The molecule has 1 aliphatic carbocycles. The van der Waals surface area contributed by atoms with Crippen molar-refractivity contribution in [2.45, 2.75) is 58.0 Å². The zero-order chi connectivity index (χ0) is 11.4. The minimum atomic E-state index is 0.129. The van der Waals surface area contributed by atoms with Crippen LogP contribution < -0.4 is 5.73 Å². The summed E-state index contributed by atoms with van der Waals surface area (Å²) in [5, 5.41) is 0. The first-order valence-electron chi connectivity index (χ1n) is 6.58. The maximum absolute atomic E-state index is 6.27. The van der Waals surface area contributed by atoms with Crippen LogP contribution in [-0.4, -0.2) is 9.55 Å². The Hall–Kier alpha value is -0.830. The fraction of sp³-hybridized carbons (Fsp3) is 0.769. The van der Waals surface area contributed by atoms with E-state index in [2.05, 4.69) is 16.5 Å². The van der Waals surface area contributed by atoms with E-state index in [1.165, 1.54) is 25.7 Å². The molecule has 0 amide bonds. The fourth-order valence-corrected chi connectivity index (χ4v) is 2.79. The van der Waals surface area contributed by atoms with E-state index in [0.717, 1.165) is 31.1 Å². The van der Waals surface area contributed by atoms with Gasteiger partial charge in [-0.05, 0) is 18.8 Å². The van der Waals surface area contributed by atoms with Gasteiger partial charge in [0.05, 0.1) is 6.04 Å². The van der Waals surface area contributed by atoms with Gasteiger partial charge >= 0.3 is 0 Å². The van der Waals surface area contributed by atoms with E-state index < -0.39 is 0 Å². The molecule has 0 bridgehead atoms. The second-order valence-electron chi connectivity index (χ2n) is 4.97. The standard InChI is InChI=1S/C13H23N3/c1-2-8-16-9-7-15-13(16)12(14)10-11-5-3-4-6-11/h7,9,11-12H,2-6,8,10,14H2,1H3. The number of nitrogens with zero attached hydrogens (tertiary/aromatic N) is 2. The minimum Gasteiger partial charge on any atom is -0.334 e. The molecule has 0 spiro atoms. The zero-order valence-corrected chi connectivity index (χ0v) is 10.2. The van der Waals surface area contributed by atoms with E-state index in [1.807, 2.05) is 12.4 Å². The number of hydrogen-bond acceptors (Lipinski definition) is 2. The summed E-state index contributed by atoms with van der Waals surface area (Å²) in [4.78, 5) is 4.41. The van der Waals surface area contributed by atoms with Crippen molar-refractivity contribution in [3.05, 3.63) is 18.2 Å². The average molecular weight is 221 g/mol. The summed E-state index contributed by atoms with van der Waals surface area (Å²) >= 11 is 0. The van der Waals surface area contributed by atoms with Crippen LogP contribution in [0.25, 0.3) is 0 Å². The summed E-state index contributed by atoms with van der Waals surface area (Å²) in [5.41, 5.74) is 6.27. The second-order valence-corrected chi connectivity index (χ2v) is 4.97. The van der Waals surface area contributed by atoms with Crippen LogP contribution in [0.3, 0.4) is 0 Å². The molecule has 0 aromatic carbocycles. The van der Waals surface area contributed by atoms with Crippen molar-refractivity contribution in [1.29, 1.82) is 0 Å². The molecule has 2 N–H and O–H groups in total. The predicted molar refractivity (Wildman–Crippen MR) is 66.0 cm³/mol. The highest BCUT2D eigenvalue weighted by molar-refractivity contribution is 4.99. The molecule has 16 heavy (non-hydrogen) atoms. The molecule has 1 heterocycles. The molecule has 1 fully saturated rings. The van der Waals surface area contributed by atoms with E-state index in [9.17, 15) is 0 Å². The first-order valence-corrected chi connectivity index (χ1v) is 6.58. The molecule has 0 saturated heterocycles. The van der Waals surface area contributed by atoms with E-state index in [-0.39, 0.29) is 6.04 Å². The average Bonchev–Trinajstić information content (AvgIpc) is 2.89. The van der Waals surface area contributed by atoms with Gasteiger partial charge < -0.3 is 10.3 Å². The third-order valence-electron chi connectivity index (χ3n) is 3.61. The summed E-state index contributed by atoms with van der Waals surface area (Å²) in [5.74, 6) is 1.91. The molecule has 1 aromatic heterocycles. The SMILES string of the molecule is CCCn1ccnc1C(N)CC1CCCC1. The van der Waals surface area contributed by atoms with E-state index in [1.54, 1.807) is 0 Å². The third kappa shape index (κ3) is 2.64. The van der Waals surface area contributed by atoms with Crippen LogP contribution in [-0.2, 0) is 6.54 Å². The lowest BCUT2D eigenvalue weighted by atomic mass is 9.98. The third-order valence-corrected chi connectivity index (χ3v) is 3.61. The molecule has 3 nitrogen and oxygen atoms in total. The first-order chi connectivity index (χ1) is 7.81. The van der Waals surface area contributed by atoms with Gasteiger partial charge in [0, 0.05) is 18.9 Å². The quantitative estimate of drug-likeness (QED) is 0.831. The highest BCUT2D eigenvalue weighted by Gasteiger charge is 2.21. The summed E-state index contributed by atoms with van der Waals surface area (Å²) < 4.78 is 2.21. The Kier molecular flexibility index (Phi) is 3.99. The van der Waals surface area contributed by atoms with E-state index in [0.29, 0.717) is 0 Å². The fourth-order valence-electron chi connectivity index (χ4n) is 2.79. The summed E-state index contributed by atoms with van der Waals surface area (Å²) in [6.45, 7) is 3.22. The first kappa shape index (κ1) is 11.6. The van der Waals surface area contributed by atoms with Crippen molar-refractivity contribution < 1.29 is 0 Å². The zero-order valence-electron chi connectivity index (χ0n) is 10.2. The summed E-state index contributed by atoms with van der Waals surface area (Å²) in [6.07, 6.45) is 11.7. The monoisotopic (exact) mass is 221 g/mol. The van der Waals surface area contributed by atoms with Crippen LogP contribution in [0, 0.1) is 5.92 Å². The van der Waals surface area contributed by atoms with E-state index in [4.69, 9.17) is 5.73 Å². The Morgan fingerprint density at radius 3 is 2.94 bits per heavy atom. The topological polar surface area (TPSA) is 43.8 Å². The molecule has 1 saturated carbocycles. The number of nitrogens with two attached hydrogens (primary N) is 1. The van der Waals surface area contributed by atoms with Crippen LogP contribution in [0.4, 0.5) is 0 Å². The molecule has 0 aliphatic heterocycles. The van der Waals surface area contributed by atoms with Gasteiger partial charge in [0.15, 0.2) is 0 Å². The summed E-state index contributed by atoms with van der Waals surface area (Å²) in [6, 6.07) is 0.129. The van der Waals surface area contributed by atoms with Gasteiger partial charge in [-0.3, -0.25) is 0 Å². The highest BCUT2D eigenvalue weighted by Crippen LogP contribution is 2.31. The maximum Gasteiger partial charge on any atom is 0.125 e. The van der Waals surface area contributed by atoms with Crippen molar-refractivity contribution in [3.63, 3.8) is 0 Å². The smallest absolute Gasteiger partial charge is 0.125 e. The molecule has 0 radical (unpaired) electrons. The Morgan fingerprint density at radius 2 is 2.25 bits per heavy atom. The van der Waals surface area contributed by atoms with Crippen molar-refractivity contribution in [1.82, 2.24) is 9.55 Å². The minimum absolute atomic E-state index is 0.129. The van der Waals surface area contributed by atoms with Gasteiger partial charge in [-0.2, -0.15) is 0 Å².